The Morgan fingerprint density at radius 2 is 1.93 bits per heavy atom. The van der Waals surface area contributed by atoms with Crippen LogP contribution in [0.5, 0.6) is 0 Å². The smallest absolute Gasteiger partial charge is 0.204 e. The number of dihydropyridines is 1. The van der Waals surface area contributed by atoms with Gasteiger partial charge in [-0.1, -0.05) is 25.3 Å². The molecule has 1 fully saturated rings. The van der Waals surface area contributed by atoms with Crippen molar-refractivity contribution in [3.05, 3.63) is 60.1 Å². The van der Waals surface area contributed by atoms with Crippen molar-refractivity contribution < 1.29 is 0 Å². The van der Waals surface area contributed by atoms with Crippen molar-refractivity contribution in [1.29, 1.82) is 0 Å². The fourth-order valence-corrected chi connectivity index (χ4v) is 4.31. The molecule has 144 valence electrons. The van der Waals surface area contributed by atoms with E-state index in [0.29, 0.717) is 11.9 Å². The van der Waals surface area contributed by atoms with Crippen LogP contribution in [0.2, 0.25) is 0 Å². The third-order valence-corrected chi connectivity index (χ3v) is 5.75. The number of nitrogens with zero attached hydrogens (tertiary/aromatic N) is 4. The highest BCUT2D eigenvalue weighted by Crippen LogP contribution is 2.34. The molecule has 2 aliphatic heterocycles. The second-order valence-corrected chi connectivity index (χ2v) is 7.61. The fraction of sp³-hybridized carbons (Fsp3) is 0.381. The maximum Gasteiger partial charge on any atom is 0.204 e. The number of anilines is 1. The van der Waals surface area contributed by atoms with Crippen LogP contribution in [0.4, 0.5) is 5.69 Å². The van der Waals surface area contributed by atoms with Gasteiger partial charge >= 0.3 is 0 Å². The molecule has 0 bridgehead atoms. The Kier molecular flexibility index (Phi) is 4.56. The van der Waals surface area contributed by atoms with E-state index in [0.717, 1.165) is 17.7 Å². The van der Waals surface area contributed by atoms with Crippen molar-refractivity contribution in [3.8, 4) is 11.4 Å². The van der Waals surface area contributed by atoms with Crippen LogP contribution in [-0.4, -0.2) is 37.7 Å². The molecule has 1 aliphatic carbocycles. The van der Waals surface area contributed by atoms with E-state index in [1.807, 2.05) is 24.3 Å². The second kappa shape index (κ2) is 7.50. The minimum atomic E-state index is 0.0624. The molecule has 5 rings (SSSR count). The number of hydrogen-bond acceptors (Lipinski definition) is 6. The number of aromatic nitrogens is 4. The van der Waals surface area contributed by atoms with Crippen molar-refractivity contribution in [2.45, 2.75) is 50.7 Å². The third kappa shape index (κ3) is 3.40. The summed E-state index contributed by atoms with van der Waals surface area (Å²) in [6, 6.07) is 8.73. The van der Waals surface area contributed by atoms with Crippen LogP contribution in [0.3, 0.4) is 0 Å². The van der Waals surface area contributed by atoms with Crippen molar-refractivity contribution in [2.24, 2.45) is 0 Å². The molecule has 3 aliphatic rings. The molecule has 3 heterocycles. The molecule has 0 spiro atoms. The van der Waals surface area contributed by atoms with E-state index in [2.05, 4.69) is 60.7 Å². The average molecular weight is 375 g/mol. The molecule has 1 aromatic carbocycles. The number of tetrazole rings is 1. The Labute approximate surface area is 164 Å². The number of nitrogens with one attached hydrogen (secondary N) is 3. The molecule has 0 radical (unpaired) electrons. The molecule has 0 amide bonds. The molecular formula is C21H25N7. The Balaban J connectivity index is 1.32. The van der Waals surface area contributed by atoms with Crippen LogP contribution in [-0.2, 0) is 0 Å². The van der Waals surface area contributed by atoms with Gasteiger partial charge < -0.3 is 15.5 Å². The van der Waals surface area contributed by atoms with Gasteiger partial charge in [0.15, 0.2) is 0 Å². The highest BCUT2D eigenvalue weighted by molar-refractivity contribution is 5.59. The minimum Gasteiger partial charge on any atom is -0.368 e. The van der Waals surface area contributed by atoms with Gasteiger partial charge in [0.05, 0.1) is 0 Å². The monoisotopic (exact) mass is 375 g/mol. The standard InChI is InChI=1S/C21H25N7/c1-2-6-18(7-3-1)28-12-4-5-16-14-22-20(13-19(16)28)23-17-10-8-15(9-11-17)21-24-26-27-25-21/h4,8-14,18,20,22-23H,1-3,5-7H2,(H,24,25,26,27). The summed E-state index contributed by atoms with van der Waals surface area (Å²) in [6.45, 7) is 0. The zero-order valence-electron chi connectivity index (χ0n) is 15.8. The average Bonchev–Trinajstić information content (AvgIpc) is 3.29. The molecule has 7 nitrogen and oxygen atoms in total. The van der Waals surface area contributed by atoms with E-state index in [1.54, 1.807) is 0 Å². The summed E-state index contributed by atoms with van der Waals surface area (Å²) < 4.78 is 0. The normalized spacial score (nSPS) is 22.1. The van der Waals surface area contributed by atoms with Crippen LogP contribution in [0.25, 0.3) is 11.4 Å². The number of fused-ring (bicyclic) bond motifs is 1. The highest BCUT2D eigenvalue weighted by atomic mass is 15.5. The lowest BCUT2D eigenvalue weighted by Gasteiger charge is -2.40. The Hall–Kier alpha value is -3.09. The van der Waals surface area contributed by atoms with E-state index >= 15 is 0 Å². The van der Waals surface area contributed by atoms with Gasteiger partial charge in [0.1, 0.15) is 6.17 Å². The van der Waals surface area contributed by atoms with Crippen molar-refractivity contribution in [2.75, 3.05) is 5.32 Å². The number of allylic oxidation sites excluding steroid dienone is 2. The predicted molar refractivity (Wildman–Crippen MR) is 109 cm³/mol. The van der Waals surface area contributed by atoms with Gasteiger partial charge in [0.25, 0.3) is 0 Å². The molecule has 28 heavy (non-hydrogen) atoms. The summed E-state index contributed by atoms with van der Waals surface area (Å²) in [5, 5.41) is 21.2. The summed E-state index contributed by atoms with van der Waals surface area (Å²) in [4.78, 5) is 2.50. The van der Waals surface area contributed by atoms with Crippen LogP contribution in [0, 0.1) is 0 Å². The van der Waals surface area contributed by atoms with Gasteiger partial charge in [-0.25, -0.2) is 0 Å². The first-order chi connectivity index (χ1) is 13.9. The summed E-state index contributed by atoms with van der Waals surface area (Å²) in [5.74, 6) is 0.606. The molecule has 1 saturated carbocycles. The van der Waals surface area contributed by atoms with E-state index in [-0.39, 0.29) is 6.17 Å². The van der Waals surface area contributed by atoms with Crippen LogP contribution < -0.4 is 10.6 Å². The summed E-state index contributed by atoms with van der Waals surface area (Å²) in [5.41, 5.74) is 4.72. The van der Waals surface area contributed by atoms with Crippen LogP contribution >= 0.6 is 0 Å². The van der Waals surface area contributed by atoms with Crippen molar-refractivity contribution >= 4 is 5.69 Å². The molecule has 3 N–H and O–H groups in total. The molecule has 1 aromatic heterocycles. The lowest BCUT2D eigenvalue weighted by Crippen LogP contribution is -2.40. The van der Waals surface area contributed by atoms with E-state index in [1.165, 1.54) is 43.4 Å². The quantitative estimate of drug-likeness (QED) is 0.758. The summed E-state index contributed by atoms with van der Waals surface area (Å²) in [6.07, 6.45) is 16.8. The Morgan fingerprint density at radius 1 is 1.07 bits per heavy atom. The topological polar surface area (TPSA) is 81.8 Å². The van der Waals surface area contributed by atoms with Gasteiger partial charge in [-0.05, 0) is 60.4 Å². The van der Waals surface area contributed by atoms with Gasteiger partial charge in [-0.15, -0.1) is 10.2 Å². The minimum absolute atomic E-state index is 0.0624. The molecule has 0 saturated heterocycles. The number of rotatable bonds is 4. The fourth-order valence-electron chi connectivity index (χ4n) is 4.31. The number of aromatic amines is 1. The highest BCUT2D eigenvalue weighted by Gasteiger charge is 2.27. The number of benzene rings is 1. The third-order valence-electron chi connectivity index (χ3n) is 5.75. The second-order valence-electron chi connectivity index (χ2n) is 7.61. The Morgan fingerprint density at radius 3 is 2.71 bits per heavy atom. The Bertz CT molecular complexity index is 889. The maximum atomic E-state index is 4.02. The zero-order valence-corrected chi connectivity index (χ0v) is 15.8. The molecule has 1 atom stereocenters. The van der Waals surface area contributed by atoms with Gasteiger partial charge in [-0.2, -0.15) is 5.21 Å². The molecule has 1 unspecified atom stereocenters. The first-order valence-corrected chi connectivity index (χ1v) is 10.1. The number of H-pyrrole nitrogens is 1. The van der Waals surface area contributed by atoms with Crippen LogP contribution in [0.1, 0.15) is 38.5 Å². The first kappa shape index (κ1) is 17.0. The molecule has 2 aromatic rings. The number of hydrogen-bond donors (Lipinski definition) is 3. The maximum absolute atomic E-state index is 4.02. The van der Waals surface area contributed by atoms with E-state index in [4.69, 9.17) is 0 Å². The van der Waals surface area contributed by atoms with Crippen LogP contribution in [0.15, 0.2) is 60.1 Å². The first-order valence-electron chi connectivity index (χ1n) is 10.1. The SMILES string of the molecule is C1=CN(C2CCCCC2)C2=CC(Nc3ccc(-c4nn[nH]n4)cc3)NC=C2C1. The largest absolute Gasteiger partial charge is 0.368 e. The van der Waals surface area contributed by atoms with Gasteiger partial charge in [0.2, 0.25) is 5.82 Å². The zero-order chi connectivity index (χ0) is 18.8. The predicted octanol–water partition coefficient (Wildman–Crippen LogP) is 3.53. The molecular weight excluding hydrogens is 350 g/mol. The van der Waals surface area contributed by atoms with E-state index < -0.39 is 0 Å². The lowest BCUT2D eigenvalue weighted by atomic mass is 9.91. The lowest BCUT2D eigenvalue weighted by molar-refractivity contribution is 0.257. The van der Waals surface area contributed by atoms with Gasteiger partial charge in [0, 0.05) is 35.4 Å². The summed E-state index contributed by atoms with van der Waals surface area (Å²) >= 11 is 0. The van der Waals surface area contributed by atoms with E-state index in [9.17, 15) is 0 Å². The molecule has 7 heteroatoms. The van der Waals surface area contributed by atoms with Crippen molar-refractivity contribution in [1.82, 2.24) is 30.8 Å². The van der Waals surface area contributed by atoms with Gasteiger partial charge in [-0.3, -0.25) is 0 Å². The summed E-state index contributed by atoms with van der Waals surface area (Å²) in [7, 11) is 0. The van der Waals surface area contributed by atoms with Crippen molar-refractivity contribution in [3.63, 3.8) is 0 Å².